The molecule has 2 bridgehead atoms. The monoisotopic (exact) mass is 490 g/mol. The van der Waals surface area contributed by atoms with Crippen LogP contribution in [0.4, 0.5) is 14.5 Å². The molecule has 1 saturated heterocycles. The van der Waals surface area contributed by atoms with Crippen LogP contribution >= 0.6 is 0 Å². The number of aromatic amines is 1. The number of halogens is 2. The zero-order valence-corrected chi connectivity index (χ0v) is 21.0. The van der Waals surface area contributed by atoms with Gasteiger partial charge in [-0.1, -0.05) is 30.3 Å². The molecule has 6 heteroatoms. The lowest BCUT2D eigenvalue weighted by Crippen LogP contribution is -2.71. The van der Waals surface area contributed by atoms with E-state index in [0.29, 0.717) is 37.6 Å². The highest BCUT2D eigenvalue weighted by molar-refractivity contribution is 5.85. The lowest BCUT2D eigenvalue weighted by molar-refractivity contribution is -0.174. The van der Waals surface area contributed by atoms with Gasteiger partial charge in [0.2, 0.25) is 0 Å². The maximum absolute atomic E-state index is 14.7. The highest BCUT2D eigenvalue weighted by Crippen LogP contribution is 2.64. The summed E-state index contributed by atoms with van der Waals surface area (Å²) < 4.78 is 27.2. The van der Waals surface area contributed by atoms with Gasteiger partial charge in [0, 0.05) is 53.5 Å². The smallest absolute Gasteiger partial charge is 0.134 e. The molecule has 3 saturated carbocycles. The van der Waals surface area contributed by atoms with E-state index < -0.39 is 6.17 Å². The van der Waals surface area contributed by atoms with Crippen molar-refractivity contribution in [3.63, 3.8) is 0 Å². The van der Waals surface area contributed by atoms with Gasteiger partial charge in [-0.05, 0) is 74.3 Å². The van der Waals surface area contributed by atoms with Crippen LogP contribution < -0.4 is 5.32 Å². The number of hydrogen-bond donors (Lipinski definition) is 2. The van der Waals surface area contributed by atoms with Crippen molar-refractivity contribution >= 4 is 16.6 Å². The maximum atomic E-state index is 14.7. The third-order valence-electron chi connectivity index (χ3n) is 9.44. The average Bonchev–Trinajstić information content (AvgIpc) is 3.36. The zero-order valence-electron chi connectivity index (χ0n) is 21.0. The number of aromatic nitrogens is 1. The molecule has 2 aliphatic heterocycles. The lowest BCUT2D eigenvalue weighted by Gasteiger charge is -2.70. The quantitative estimate of drug-likeness (QED) is 0.436. The van der Waals surface area contributed by atoms with Crippen molar-refractivity contribution in [2.24, 2.45) is 5.92 Å². The van der Waals surface area contributed by atoms with E-state index in [1.165, 1.54) is 47.0 Å². The van der Waals surface area contributed by atoms with Crippen LogP contribution in [0.2, 0.25) is 0 Å². The van der Waals surface area contributed by atoms with Crippen LogP contribution in [0, 0.1) is 5.92 Å². The summed E-state index contributed by atoms with van der Waals surface area (Å²) in [6, 6.07) is 17.9. The Kier molecular flexibility index (Phi) is 5.40. The van der Waals surface area contributed by atoms with E-state index in [-0.39, 0.29) is 18.8 Å². The van der Waals surface area contributed by atoms with Gasteiger partial charge in [0.25, 0.3) is 0 Å². The minimum atomic E-state index is -0.933. The number of para-hydroxylation sites is 1. The minimum absolute atomic E-state index is 0.211. The predicted octanol–water partition coefficient (Wildman–Crippen LogP) is 5.85. The lowest BCUT2D eigenvalue weighted by atomic mass is 9.48. The molecule has 3 aromatic rings. The summed E-state index contributed by atoms with van der Waals surface area (Å²) in [5.41, 5.74) is 6.66. The molecule has 0 spiro atoms. The summed E-state index contributed by atoms with van der Waals surface area (Å²) in [6.07, 6.45) is 4.63. The Morgan fingerprint density at radius 3 is 2.56 bits per heavy atom. The van der Waals surface area contributed by atoms with Crippen LogP contribution in [-0.2, 0) is 6.42 Å². The SMILES string of the molecule is C[C@@H]1Cc2c([nH]c3ccccc23)[C@@H](c2ccc(NC3CN(CCCF)CC3F)cc2)N1C12CC(C1)C2. The van der Waals surface area contributed by atoms with E-state index >= 15 is 0 Å². The van der Waals surface area contributed by atoms with Gasteiger partial charge in [0.05, 0.1) is 18.8 Å². The number of anilines is 1. The summed E-state index contributed by atoms with van der Waals surface area (Å²) in [7, 11) is 0. The molecule has 3 heterocycles. The third kappa shape index (κ3) is 3.52. The molecular weight excluding hydrogens is 454 g/mol. The van der Waals surface area contributed by atoms with Crippen molar-refractivity contribution in [1.29, 1.82) is 0 Å². The van der Waals surface area contributed by atoms with Gasteiger partial charge >= 0.3 is 0 Å². The van der Waals surface area contributed by atoms with E-state index in [0.717, 1.165) is 18.0 Å². The first kappa shape index (κ1) is 22.7. The number of alkyl halides is 2. The predicted molar refractivity (Wildman–Crippen MR) is 141 cm³/mol. The Balaban J connectivity index is 1.18. The number of nitrogens with zero attached hydrogens (tertiary/aromatic N) is 2. The van der Waals surface area contributed by atoms with Crippen molar-refractivity contribution in [2.75, 3.05) is 31.6 Å². The molecule has 4 fully saturated rings. The van der Waals surface area contributed by atoms with Gasteiger partial charge in [-0.2, -0.15) is 0 Å². The molecule has 36 heavy (non-hydrogen) atoms. The van der Waals surface area contributed by atoms with Gasteiger partial charge in [0.1, 0.15) is 6.17 Å². The Hall–Kier alpha value is -2.44. The van der Waals surface area contributed by atoms with Crippen LogP contribution in [0.5, 0.6) is 0 Å². The Bertz CT molecular complexity index is 1240. The van der Waals surface area contributed by atoms with E-state index in [9.17, 15) is 8.78 Å². The molecule has 2 N–H and O–H groups in total. The second kappa shape index (κ2) is 8.56. The van der Waals surface area contributed by atoms with E-state index in [1.807, 2.05) is 4.90 Å². The van der Waals surface area contributed by atoms with Gasteiger partial charge in [-0.25, -0.2) is 4.39 Å². The Labute approximate surface area is 212 Å². The van der Waals surface area contributed by atoms with E-state index in [1.54, 1.807) is 0 Å². The van der Waals surface area contributed by atoms with Crippen molar-refractivity contribution < 1.29 is 8.78 Å². The zero-order chi connectivity index (χ0) is 24.4. The Morgan fingerprint density at radius 1 is 1.06 bits per heavy atom. The fraction of sp³-hybridized carbons (Fsp3) is 0.533. The van der Waals surface area contributed by atoms with Crippen LogP contribution in [0.3, 0.4) is 0 Å². The molecule has 3 aliphatic carbocycles. The van der Waals surface area contributed by atoms with Gasteiger partial charge in [0.15, 0.2) is 0 Å². The molecule has 4 atom stereocenters. The number of benzene rings is 2. The summed E-state index contributed by atoms with van der Waals surface area (Å²) >= 11 is 0. The molecule has 5 aliphatic rings. The largest absolute Gasteiger partial charge is 0.378 e. The van der Waals surface area contributed by atoms with E-state index in [4.69, 9.17) is 0 Å². The second-order valence-corrected chi connectivity index (χ2v) is 11.8. The molecule has 0 radical (unpaired) electrons. The summed E-state index contributed by atoms with van der Waals surface area (Å²) in [6.45, 7) is 3.70. The number of H-pyrrole nitrogens is 1. The first-order valence-corrected chi connectivity index (χ1v) is 13.7. The summed E-state index contributed by atoms with van der Waals surface area (Å²) in [5.74, 6) is 0.929. The fourth-order valence-electron chi connectivity index (χ4n) is 7.70. The normalized spacial score (nSPS) is 33.8. The standard InChI is InChI=1S/C30H36F2N4/c1-19-13-24-23-5-2-3-6-26(23)34-28(24)29(36(19)30-14-20(15-30)16-30)21-7-9-22(10-8-21)33-27-18-35(12-4-11-31)17-25(27)32/h2-3,5-10,19-20,25,27,29,33-34H,4,11-18H2,1H3/t19-,20?,25?,27?,29-,30?/m1/s1. The number of fused-ring (bicyclic) bond motifs is 3. The van der Waals surface area contributed by atoms with Crippen molar-refractivity contribution in [1.82, 2.24) is 14.8 Å². The van der Waals surface area contributed by atoms with Gasteiger partial charge in [-0.3, -0.25) is 14.2 Å². The first-order chi connectivity index (χ1) is 17.5. The molecule has 8 rings (SSSR count). The van der Waals surface area contributed by atoms with Crippen LogP contribution in [0.15, 0.2) is 48.5 Å². The van der Waals surface area contributed by atoms with Gasteiger partial charge < -0.3 is 10.3 Å². The fourth-order valence-corrected chi connectivity index (χ4v) is 7.70. The minimum Gasteiger partial charge on any atom is -0.378 e. The maximum Gasteiger partial charge on any atom is 0.134 e. The highest BCUT2D eigenvalue weighted by Gasteiger charge is 2.63. The van der Waals surface area contributed by atoms with Crippen LogP contribution in [0.25, 0.3) is 10.9 Å². The summed E-state index contributed by atoms with van der Waals surface area (Å²) in [4.78, 5) is 8.66. The number of hydrogen-bond acceptors (Lipinski definition) is 3. The van der Waals surface area contributed by atoms with E-state index in [2.05, 4.69) is 70.7 Å². The average molecular weight is 491 g/mol. The molecule has 190 valence electrons. The highest BCUT2D eigenvalue weighted by atomic mass is 19.1. The molecule has 0 amide bonds. The molecule has 2 aromatic carbocycles. The number of likely N-dealkylation sites (tertiary alicyclic amines) is 1. The van der Waals surface area contributed by atoms with Gasteiger partial charge in [-0.15, -0.1) is 0 Å². The topological polar surface area (TPSA) is 34.3 Å². The molecule has 1 aromatic heterocycles. The number of rotatable bonds is 7. The van der Waals surface area contributed by atoms with Crippen molar-refractivity contribution in [3.8, 4) is 0 Å². The Morgan fingerprint density at radius 2 is 1.83 bits per heavy atom. The molecule has 2 unspecified atom stereocenters. The first-order valence-electron chi connectivity index (χ1n) is 13.7. The third-order valence-corrected chi connectivity index (χ3v) is 9.44. The second-order valence-electron chi connectivity index (χ2n) is 11.8. The summed E-state index contributed by atoms with van der Waals surface area (Å²) in [5, 5.41) is 4.77. The van der Waals surface area contributed by atoms with Crippen LogP contribution in [-0.4, -0.2) is 64.9 Å². The van der Waals surface area contributed by atoms with Crippen LogP contribution in [0.1, 0.15) is 55.5 Å². The van der Waals surface area contributed by atoms with Crippen molar-refractivity contribution in [3.05, 3.63) is 65.4 Å². The number of nitrogens with one attached hydrogen (secondary N) is 2. The van der Waals surface area contributed by atoms with Crippen molar-refractivity contribution in [2.45, 2.75) is 68.9 Å². The molecular formula is C30H36F2N4. The molecule has 4 nitrogen and oxygen atoms in total.